The number of pyridine rings is 1. The van der Waals surface area contributed by atoms with Crippen molar-refractivity contribution in [3.63, 3.8) is 0 Å². The molecule has 0 aliphatic heterocycles. The lowest BCUT2D eigenvalue weighted by Gasteiger charge is -2.20. The molecule has 0 spiro atoms. The molecule has 3 amide bonds. The fraction of sp³-hybridized carbons (Fsp3) is 0.370. The molecular weight excluding hydrogens is 526 g/mol. The maximum absolute atomic E-state index is 14.8. The van der Waals surface area contributed by atoms with Crippen LogP contribution in [0, 0.1) is 5.92 Å². The number of benzene rings is 1. The van der Waals surface area contributed by atoms with Gasteiger partial charge in [0.25, 0.3) is 11.5 Å². The summed E-state index contributed by atoms with van der Waals surface area (Å²) in [5.74, 6) is -4.81. The van der Waals surface area contributed by atoms with Gasteiger partial charge in [-0.15, -0.1) is 0 Å². The van der Waals surface area contributed by atoms with Crippen LogP contribution in [0.2, 0.25) is 0 Å². The van der Waals surface area contributed by atoms with Gasteiger partial charge in [0.2, 0.25) is 11.8 Å². The van der Waals surface area contributed by atoms with Crippen LogP contribution < -0.4 is 16.2 Å². The smallest absolute Gasteiger partial charge is 0.405 e. The van der Waals surface area contributed by atoms with Gasteiger partial charge in [0.15, 0.2) is 0 Å². The Labute approximate surface area is 228 Å². The zero-order chi connectivity index (χ0) is 29.6. The van der Waals surface area contributed by atoms with Crippen molar-refractivity contribution in [2.45, 2.75) is 45.2 Å². The van der Waals surface area contributed by atoms with E-state index in [1.165, 1.54) is 65.9 Å². The van der Waals surface area contributed by atoms with Gasteiger partial charge in [0, 0.05) is 31.8 Å². The third-order valence-corrected chi connectivity index (χ3v) is 6.18. The number of hydrogen-bond donors (Lipinski definition) is 4. The van der Waals surface area contributed by atoms with Crippen molar-refractivity contribution in [3.05, 3.63) is 70.4 Å². The van der Waals surface area contributed by atoms with E-state index < -0.39 is 35.4 Å². The lowest BCUT2D eigenvalue weighted by atomic mass is 9.97. The van der Waals surface area contributed by atoms with Crippen molar-refractivity contribution < 1.29 is 28.3 Å². The third kappa shape index (κ3) is 7.10. The van der Waals surface area contributed by atoms with Gasteiger partial charge < -0.3 is 30.2 Å². The topological polar surface area (TPSA) is 149 Å². The first-order valence-electron chi connectivity index (χ1n) is 12.5. The van der Waals surface area contributed by atoms with Crippen molar-refractivity contribution >= 4 is 34.6 Å². The second-order valence-corrected chi connectivity index (χ2v) is 9.72. The zero-order valence-corrected chi connectivity index (χ0v) is 22.6. The number of fused-ring (bicyclic) bond motifs is 1. The molecule has 0 saturated carbocycles. The van der Waals surface area contributed by atoms with Crippen molar-refractivity contribution in [2.75, 3.05) is 19.4 Å². The number of imidazole rings is 1. The minimum absolute atomic E-state index is 0.0404. The number of alkyl halides is 2. The number of rotatable bonds is 11. The lowest BCUT2D eigenvalue weighted by molar-refractivity contribution is -0.123. The number of nitrogens with zero attached hydrogens (tertiary/aromatic N) is 3. The average Bonchev–Trinajstić information content (AvgIpc) is 3.30. The molecule has 3 aromatic rings. The summed E-state index contributed by atoms with van der Waals surface area (Å²) in [6, 6.07) is 6.13. The molecular formula is C27H32F2N6O5. The van der Waals surface area contributed by atoms with Crippen LogP contribution in [-0.2, 0) is 22.1 Å². The Bertz CT molecular complexity index is 1480. The second-order valence-electron chi connectivity index (χ2n) is 9.72. The van der Waals surface area contributed by atoms with Gasteiger partial charge in [0.05, 0.1) is 17.6 Å². The summed E-state index contributed by atoms with van der Waals surface area (Å²) in [6.45, 7) is 2.75. The Morgan fingerprint density at radius 2 is 1.93 bits per heavy atom. The standard InChI is InChI=1S/C27H32F2N6O5/c1-16(2)27(28,29)17-9-7-11-18-23(17)33-21(30-18)15-35-14-8-12-20(25(35)38)31-24(37)19(32-26(39)40)10-5-6-13-22(36)34(3)4/h6-9,11-14,16,19,32H,5,10,15H2,1-4H3,(H,30,33)(H,31,37)(H,39,40)/b13-6+. The highest BCUT2D eigenvalue weighted by atomic mass is 19.3. The number of para-hydroxylation sites is 1. The lowest BCUT2D eigenvalue weighted by Crippen LogP contribution is -2.44. The number of nitrogens with one attached hydrogen (secondary N) is 3. The molecule has 4 N–H and O–H groups in total. The van der Waals surface area contributed by atoms with E-state index in [2.05, 4.69) is 20.6 Å². The minimum Gasteiger partial charge on any atom is -0.465 e. The van der Waals surface area contributed by atoms with Gasteiger partial charge in [-0.05, 0) is 37.1 Å². The maximum atomic E-state index is 14.8. The van der Waals surface area contributed by atoms with Gasteiger partial charge in [0.1, 0.15) is 17.6 Å². The quantitative estimate of drug-likeness (QED) is 0.265. The SMILES string of the molecule is CC(C)C(F)(F)c1cccc2[nH]c(Cn3cccc(NC(=O)C(CC/C=C/C(=O)N(C)C)NC(=O)O)c3=O)nc12. The molecule has 11 nitrogen and oxygen atoms in total. The van der Waals surface area contributed by atoms with E-state index >= 15 is 0 Å². The number of likely N-dealkylation sites (N-methyl/N-ethyl adjacent to an activating group) is 1. The van der Waals surface area contributed by atoms with Gasteiger partial charge >= 0.3 is 6.09 Å². The van der Waals surface area contributed by atoms with Gasteiger partial charge in [-0.1, -0.05) is 32.1 Å². The Morgan fingerprint density at radius 1 is 1.20 bits per heavy atom. The third-order valence-electron chi connectivity index (χ3n) is 6.18. The highest BCUT2D eigenvalue weighted by Gasteiger charge is 2.37. The number of amides is 3. The van der Waals surface area contributed by atoms with Crippen molar-refractivity contribution in [3.8, 4) is 0 Å². The maximum Gasteiger partial charge on any atom is 0.405 e. The Morgan fingerprint density at radius 3 is 2.58 bits per heavy atom. The van der Waals surface area contributed by atoms with Crippen LogP contribution in [0.4, 0.5) is 19.3 Å². The van der Waals surface area contributed by atoms with Crippen LogP contribution >= 0.6 is 0 Å². The van der Waals surface area contributed by atoms with Gasteiger partial charge in [-0.2, -0.15) is 0 Å². The highest BCUT2D eigenvalue weighted by molar-refractivity contribution is 5.96. The number of allylic oxidation sites excluding steroid dienone is 1. The number of aromatic nitrogens is 3. The number of halogens is 2. The van der Waals surface area contributed by atoms with Crippen LogP contribution in [0.3, 0.4) is 0 Å². The normalized spacial score (nSPS) is 12.6. The summed E-state index contributed by atoms with van der Waals surface area (Å²) < 4.78 is 30.8. The fourth-order valence-corrected chi connectivity index (χ4v) is 3.89. The summed E-state index contributed by atoms with van der Waals surface area (Å²) in [5, 5.41) is 13.7. The number of aromatic amines is 1. The fourth-order valence-electron chi connectivity index (χ4n) is 3.89. The summed E-state index contributed by atoms with van der Waals surface area (Å²) in [7, 11) is 3.16. The molecule has 0 bridgehead atoms. The van der Waals surface area contributed by atoms with E-state index in [9.17, 15) is 28.0 Å². The van der Waals surface area contributed by atoms with E-state index in [1.54, 1.807) is 20.2 Å². The molecule has 3 rings (SSSR count). The number of carbonyl (C=O) groups is 3. The first kappa shape index (κ1) is 30.0. The number of hydrogen-bond acceptors (Lipinski definition) is 5. The molecule has 0 radical (unpaired) electrons. The van der Waals surface area contributed by atoms with Crippen molar-refractivity contribution in [1.29, 1.82) is 0 Å². The predicted octanol–water partition coefficient (Wildman–Crippen LogP) is 3.52. The molecule has 1 unspecified atom stereocenters. The highest BCUT2D eigenvalue weighted by Crippen LogP contribution is 2.38. The molecule has 214 valence electrons. The zero-order valence-electron chi connectivity index (χ0n) is 22.6. The second kappa shape index (κ2) is 12.5. The molecule has 0 fully saturated rings. The van der Waals surface area contributed by atoms with E-state index in [0.29, 0.717) is 5.52 Å². The molecule has 2 heterocycles. The van der Waals surface area contributed by atoms with E-state index in [4.69, 9.17) is 5.11 Å². The number of H-pyrrole nitrogens is 1. The minimum atomic E-state index is -3.11. The van der Waals surface area contributed by atoms with Crippen LogP contribution in [-0.4, -0.2) is 62.6 Å². The Kier molecular flexibility index (Phi) is 9.40. The van der Waals surface area contributed by atoms with E-state index in [-0.39, 0.29) is 47.9 Å². The Hall–Kier alpha value is -4.55. The molecule has 40 heavy (non-hydrogen) atoms. The molecule has 0 aliphatic rings. The molecule has 1 atom stereocenters. The summed E-state index contributed by atoms with van der Waals surface area (Å²) >= 11 is 0. The van der Waals surface area contributed by atoms with E-state index in [1.807, 2.05) is 0 Å². The summed E-state index contributed by atoms with van der Waals surface area (Å²) in [6.07, 6.45) is 3.13. The largest absolute Gasteiger partial charge is 0.465 e. The molecule has 0 aliphatic carbocycles. The molecule has 0 saturated heterocycles. The molecule has 2 aromatic heterocycles. The number of carboxylic acid groups (broad SMARTS) is 1. The van der Waals surface area contributed by atoms with E-state index in [0.717, 1.165) is 0 Å². The number of carbonyl (C=O) groups excluding carboxylic acids is 2. The predicted molar refractivity (Wildman–Crippen MR) is 145 cm³/mol. The van der Waals surface area contributed by atoms with Gasteiger partial charge in [-0.3, -0.25) is 14.4 Å². The van der Waals surface area contributed by atoms with Crippen LogP contribution in [0.5, 0.6) is 0 Å². The van der Waals surface area contributed by atoms with Crippen LogP contribution in [0.25, 0.3) is 11.0 Å². The first-order chi connectivity index (χ1) is 18.8. The van der Waals surface area contributed by atoms with Crippen molar-refractivity contribution in [2.24, 2.45) is 5.92 Å². The summed E-state index contributed by atoms with van der Waals surface area (Å²) in [4.78, 5) is 57.4. The summed E-state index contributed by atoms with van der Waals surface area (Å²) in [5.41, 5.74) is -0.415. The first-order valence-corrected chi connectivity index (χ1v) is 12.5. The van der Waals surface area contributed by atoms with Gasteiger partial charge in [-0.25, -0.2) is 18.6 Å². The monoisotopic (exact) mass is 558 g/mol. The van der Waals surface area contributed by atoms with Crippen LogP contribution in [0.1, 0.15) is 38.1 Å². The molecule has 13 heteroatoms. The Balaban J connectivity index is 1.79. The molecule has 1 aromatic carbocycles. The van der Waals surface area contributed by atoms with Crippen molar-refractivity contribution in [1.82, 2.24) is 24.8 Å². The van der Waals surface area contributed by atoms with Crippen LogP contribution in [0.15, 0.2) is 53.5 Å². The average molecular weight is 559 g/mol. The number of anilines is 1.